The summed E-state index contributed by atoms with van der Waals surface area (Å²) in [5.41, 5.74) is 3.19. The zero-order valence-electron chi connectivity index (χ0n) is 21.7. The van der Waals surface area contributed by atoms with Crippen molar-refractivity contribution in [3.63, 3.8) is 0 Å². The average Bonchev–Trinajstić information content (AvgIpc) is 3.00. The molecule has 6 rings (SSSR count). The van der Waals surface area contributed by atoms with E-state index in [1.807, 2.05) is 36.4 Å². The fourth-order valence-corrected chi connectivity index (χ4v) is 5.04. The van der Waals surface area contributed by atoms with Crippen LogP contribution in [0.1, 0.15) is 36.7 Å². The van der Waals surface area contributed by atoms with E-state index in [0.29, 0.717) is 17.4 Å². The monoisotopic (exact) mass is 519 g/mol. The highest BCUT2D eigenvalue weighted by molar-refractivity contribution is 5.76. The van der Waals surface area contributed by atoms with Crippen LogP contribution in [-0.2, 0) is 0 Å². The second-order valence-corrected chi connectivity index (χ2v) is 9.52. The van der Waals surface area contributed by atoms with Crippen LogP contribution < -0.4 is 20.5 Å². The number of nitrogens with one attached hydrogen (secondary N) is 1. The maximum atomic E-state index is 13.4. The first-order chi connectivity index (χ1) is 19.2. The lowest BCUT2D eigenvalue weighted by Gasteiger charge is -2.28. The molecule has 2 aromatic carbocycles. The fraction of sp³-hybridized carbons (Fsp3) is 0.233. The van der Waals surface area contributed by atoms with E-state index < -0.39 is 6.04 Å². The van der Waals surface area contributed by atoms with Crippen molar-refractivity contribution in [1.29, 1.82) is 0 Å². The van der Waals surface area contributed by atoms with Gasteiger partial charge < -0.3 is 15.0 Å². The zero-order chi connectivity index (χ0) is 26.6. The molecular weight excluding hydrogens is 490 g/mol. The molecule has 39 heavy (non-hydrogen) atoms. The Bertz CT molecular complexity index is 1610. The van der Waals surface area contributed by atoms with Crippen LogP contribution in [0.5, 0.6) is 5.75 Å². The molecule has 0 saturated carbocycles. The molecule has 9 nitrogen and oxygen atoms in total. The lowest BCUT2D eigenvalue weighted by molar-refractivity contribution is 0.414. The van der Waals surface area contributed by atoms with Gasteiger partial charge >= 0.3 is 0 Å². The van der Waals surface area contributed by atoms with Gasteiger partial charge in [0.25, 0.3) is 5.56 Å². The van der Waals surface area contributed by atoms with Crippen LogP contribution >= 0.6 is 0 Å². The lowest BCUT2D eigenvalue weighted by Crippen LogP contribution is -2.29. The number of benzene rings is 2. The van der Waals surface area contributed by atoms with Gasteiger partial charge in [-0.1, -0.05) is 12.1 Å². The van der Waals surface area contributed by atoms with Crippen LogP contribution in [0.4, 0.5) is 17.3 Å². The van der Waals surface area contributed by atoms with E-state index >= 15 is 0 Å². The molecule has 1 saturated heterocycles. The van der Waals surface area contributed by atoms with Gasteiger partial charge in [0.2, 0.25) is 5.95 Å². The largest absolute Gasteiger partial charge is 0.497 e. The first-order valence-electron chi connectivity index (χ1n) is 13.1. The van der Waals surface area contributed by atoms with E-state index in [-0.39, 0.29) is 5.56 Å². The lowest BCUT2D eigenvalue weighted by atomic mass is 10.0. The quantitative estimate of drug-likeness (QED) is 0.322. The molecule has 1 N–H and O–H groups in total. The first kappa shape index (κ1) is 24.5. The van der Waals surface area contributed by atoms with Crippen molar-refractivity contribution in [2.45, 2.75) is 25.3 Å². The van der Waals surface area contributed by atoms with E-state index in [9.17, 15) is 4.79 Å². The molecule has 0 spiro atoms. The number of anilines is 3. The molecule has 0 aliphatic carbocycles. The summed E-state index contributed by atoms with van der Waals surface area (Å²) in [4.78, 5) is 34.1. The number of fused-ring (bicyclic) bond motifs is 1. The van der Waals surface area contributed by atoms with Crippen molar-refractivity contribution in [2.24, 2.45) is 0 Å². The van der Waals surface area contributed by atoms with Gasteiger partial charge in [-0.2, -0.15) is 4.98 Å². The van der Waals surface area contributed by atoms with Crippen molar-refractivity contribution in [3.05, 3.63) is 107 Å². The van der Waals surface area contributed by atoms with E-state index in [1.54, 1.807) is 42.4 Å². The van der Waals surface area contributed by atoms with Crippen molar-refractivity contribution in [3.8, 4) is 5.75 Å². The second-order valence-electron chi connectivity index (χ2n) is 9.52. The maximum Gasteiger partial charge on any atom is 0.253 e. The number of ether oxygens (including phenoxy) is 1. The van der Waals surface area contributed by atoms with Crippen LogP contribution in [0.3, 0.4) is 0 Å². The number of rotatable bonds is 7. The summed E-state index contributed by atoms with van der Waals surface area (Å²) in [6, 6.07) is 20.3. The zero-order valence-corrected chi connectivity index (χ0v) is 21.7. The summed E-state index contributed by atoms with van der Waals surface area (Å²) in [6.45, 7) is 2.19. The van der Waals surface area contributed by atoms with E-state index in [2.05, 4.69) is 37.3 Å². The summed E-state index contributed by atoms with van der Waals surface area (Å²) < 4.78 is 6.96. The molecule has 1 atom stereocenters. The van der Waals surface area contributed by atoms with Crippen molar-refractivity contribution in [2.75, 3.05) is 30.4 Å². The highest BCUT2D eigenvalue weighted by Gasteiger charge is 2.23. The Morgan fingerprint density at radius 3 is 2.33 bits per heavy atom. The second kappa shape index (κ2) is 10.9. The molecule has 1 unspecified atom stereocenters. The Labute approximate surface area is 226 Å². The number of hydrogen-bond acceptors (Lipinski definition) is 8. The minimum Gasteiger partial charge on any atom is -0.497 e. The standard InChI is InChI=1S/C30H29N7O2/c1-39-25-13-6-21(7-14-25)27(28-31-16-5-17-32-28)37-26(38)15-8-22-20-33-30(35-29(22)37)34-23-9-11-24(12-10-23)36-18-3-2-4-19-36/h5-17,20,27H,2-4,18-19H2,1H3,(H,33,34,35). The summed E-state index contributed by atoms with van der Waals surface area (Å²) in [7, 11) is 1.62. The SMILES string of the molecule is COc1ccc(C(c2ncccn2)n2c(=O)ccc3cnc(Nc4ccc(N5CCCCC5)cc4)nc32)cc1. The normalized spacial score (nSPS) is 14.2. The van der Waals surface area contributed by atoms with Crippen LogP contribution in [0, 0.1) is 0 Å². The molecular formula is C30H29N7O2. The highest BCUT2D eigenvalue weighted by atomic mass is 16.5. The summed E-state index contributed by atoms with van der Waals surface area (Å²) >= 11 is 0. The van der Waals surface area contributed by atoms with Gasteiger partial charge in [-0.15, -0.1) is 0 Å². The molecule has 4 heterocycles. The molecule has 196 valence electrons. The fourth-order valence-electron chi connectivity index (χ4n) is 5.04. The molecule has 1 fully saturated rings. The van der Waals surface area contributed by atoms with E-state index in [1.165, 1.54) is 31.0 Å². The number of aromatic nitrogens is 5. The third-order valence-corrected chi connectivity index (χ3v) is 7.03. The number of piperidine rings is 1. The Morgan fingerprint density at radius 2 is 1.62 bits per heavy atom. The molecule has 0 radical (unpaired) electrons. The topological polar surface area (TPSA) is 98.1 Å². The molecule has 1 aliphatic heterocycles. The molecule has 9 heteroatoms. The van der Waals surface area contributed by atoms with Gasteiger partial charge in [-0.25, -0.2) is 15.0 Å². The van der Waals surface area contributed by atoms with Crippen LogP contribution in [0.2, 0.25) is 0 Å². The van der Waals surface area contributed by atoms with E-state index in [4.69, 9.17) is 9.72 Å². The minimum atomic E-state index is -0.597. The third-order valence-electron chi connectivity index (χ3n) is 7.03. The minimum absolute atomic E-state index is 0.216. The van der Waals surface area contributed by atoms with Gasteiger partial charge in [0.05, 0.1) is 7.11 Å². The van der Waals surface area contributed by atoms with Crippen LogP contribution in [0.15, 0.2) is 90.1 Å². The number of hydrogen-bond donors (Lipinski definition) is 1. The van der Waals surface area contributed by atoms with Gasteiger partial charge in [-0.05, 0) is 73.4 Å². The van der Waals surface area contributed by atoms with Crippen molar-refractivity contribution in [1.82, 2.24) is 24.5 Å². The Hall–Kier alpha value is -4.79. The maximum absolute atomic E-state index is 13.4. The molecule has 0 amide bonds. The number of pyridine rings is 1. The Balaban J connectivity index is 1.39. The Morgan fingerprint density at radius 1 is 0.872 bits per heavy atom. The molecule has 3 aromatic heterocycles. The van der Waals surface area contributed by atoms with Crippen molar-refractivity contribution < 1.29 is 4.74 Å². The summed E-state index contributed by atoms with van der Waals surface area (Å²) in [5, 5.41) is 4.03. The summed E-state index contributed by atoms with van der Waals surface area (Å²) in [5.74, 6) is 1.60. The smallest absolute Gasteiger partial charge is 0.253 e. The highest BCUT2D eigenvalue weighted by Crippen LogP contribution is 2.28. The summed E-state index contributed by atoms with van der Waals surface area (Å²) in [6.07, 6.45) is 8.83. The van der Waals surface area contributed by atoms with Gasteiger partial charge in [-0.3, -0.25) is 9.36 Å². The van der Waals surface area contributed by atoms with Crippen LogP contribution in [0.25, 0.3) is 11.0 Å². The van der Waals surface area contributed by atoms with E-state index in [0.717, 1.165) is 35.5 Å². The van der Waals surface area contributed by atoms with Crippen LogP contribution in [-0.4, -0.2) is 44.7 Å². The predicted molar refractivity (Wildman–Crippen MR) is 152 cm³/mol. The van der Waals surface area contributed by atoms with Gasteiger partial charge in [0.1, 0.15) is 17.4 Å². The number of methoxy groups -OCH3 is 1. The Kier molecular flexibility index (Phi) is 6.86. The first-order valence-corrected chi connectivity index (χ1v) is 13.1. The number of nitrogens with zero attached hydrogens (tertiary/aromatic N) is 6. The third kappa shape index (κ3) is 5.16. The molecule has 5 aromatic rings. The molecule has 1 aliphatic rings. The van der Waals surface area contributed by atoms with Crippen molar-refractivity contribution >= 4 is 28.4 Å². The average molecular weight is 520 g/mol. The van der Waals surface area contributed by atoms with Gasteiger partial charge in [0.15, 0.2) is 5.82 Å². The predicted octanol–water partition coefficient (Wildman–Crippen LogP) is 4.96. The molecule has 0 bridgehead atoms. The van der Waals surface area contributed by atoms with Gasteiger partial charge in [0, 0.05) is 54.5 Å².